The molecule has 0 aliphatic carbocycles. The molecule has 141 heavy (non-hydrogen) atoms. The van der Waals surface area contributed by atoms with Crippen molar-refractivity contribution in [3.05, 3.63) is 310 Å². The highest BCUT2D eigenvalue weighted by Gasteiger charge is 2.57. The quantitative estimate of drug-likeness (QED) is 0.00428. The number of imide groups is 1. The van der Waals surface area contributed by atoms with Crippen molar-refractivity contribution in [1.82, 2.24) is 24.4 Å². The topological polar surface area (TPSA) is 495 Å². The van der Waals surface area contributed by atoms with Crippen LogP contribution in [0.5, 0.6) is 34.5 Å². The molecule has 10 aromatic rings. The van der Waals surface area contributed by atoms with Crippen LogP contribution in [0.4, 0.5) is 0 Å². The number of nitrogens with one attached hydrogen (secondary N) is 4. The van der Waals surface area contributed by atoms with Crippen molar-refractivity contribution in [2.24, 2.45) is 53.1 Å². The first-order valence-electron chi connectivity index (χ1n) is 45.9. The lowest BCUT2D eigenvalue weighted by Crippen LogP contribution is -2.43. The molecular formula is C106H115N6O26S3+. The molecule has 3 heterocycles. The summed E-state index contributed by atoms with van der Waals surface area (Å²) in [6.45, 7) is 13.9. The molecule has 742 valence electrons. The number of phenolic OH excluding ortho intramolecular Hbond substituents is 3. The molecule has 12 unspecified atom stereocenters. The lowest BCUT2D eigenvalue weighted by molar-refractivity contribution is -0.155. The van der Waals surface area contributed by atoms with Gasteiger partial charge in [-0.25, -0.2) is 44.2 Å². The van der Waals surface area contributed by atoms with Gasteiger partial charge in [0.05, 0.1) is 80.5 Å². The molecule has 0 spiro atoms. The Balaban J connectivity index is 0.000000358. The maximum Gasteiger partial charge on any atom is 0.362 e. The number of hydrogen-bond acceptors (Lipinski definition) is 26. The van der Waals surface area contributed by atoms with Gasteiger partial charge in [0.1, 0.15) is 55.1 Å². The number of likely N-dealkylation sites (tertiary alicyclic amines) is 1. The van der Waals surface area contributed by atoms with Gasteiger partial charge in [-0.2, -0.15) is 0 Å². The van der Waals surface area contributed by atoms with Crippen LogP contribution in [0.1, 0.15) is 176 Å². The van der Waals surface area contributed by atoms with Crippen LogP contribution in [0.3, 0.4) is 0 Å². The number of aliphatic carboxylic acids is 1. The van der Waals surface area contributed by atoms with Crippen molar-refractivity contribution in [3.63, 3.8) is 0 Å². The maximum absolute atomic E-state index is 15.8. The van der Waals surface area contributed by atoms with Gasteiger partial charge in [-0.1, -0.05) is 232 Å². The Morgan fingerprint density at radius 3 is 1.17 bits per heavy atom. The largest absolute Gasteiger partial charge is 0.507 e. The SMILES string of the molecule is CCC(c1ccccc1)C(C(=O)NCCCNS(=O)(=O)c1cc(C(=O)c2ccc(C)cc2)c(O)cc1OC)C(CC(c1ccccc1)C1C(=O)N(CCCNS(=O)(=O)c2cc(C(=O)c3ccc(C)cc3)c(O)cc2OC)C(=O)C1CC(c1ccccc1)C1C(=O)OC(=O)C1C)C(=O)O.COc1cc(O)c(C(=O)c2ccc(C)cc2)cc1S(=O)(=O)NCCCN.[CH2+]C1C(=O)OC(=O)C1C(CC)c1ccccc1. The fourth-order valence-electron chi connectivity index (χ4n) is 18.1. The third kappa shape index (κ3) is 25.6. The van der Waals surface area contributed by atoms with E-state index in [1.54, 1.807) is 159 Å². The molecule has 3 amide bonds. The number of amides is 3. The summed E-state index contributed by atoms with van der Waals surface area (Å²) < 4.78 is 114. The average Bonchev–Trinajstić information content (AvgIpc) is 1.60. The number of esters is 4. The van der Waals surface area contributed by atoms with E-state index in [4.69, 9.17) is 24.7 Å². The van der Waals surface area contributed by atoms with E-state index in [1.807, 2.05) is 58.0 Å². The molecular weight excluding hydrogens is 1870 g/mol. The number of carboxylic acid groups (broad SMARTS) is 1. The molecule has 12 atom stereocenters. The van der Waals surface area contributed by atoms with Gasteiger partial charge in [-0.05, 0) is 130 Å². The number of rotatable bonds is 43. The van der Waals surface area contributed by atoms with Gasteiger partial charge in [0.15, 0.2) is 17.3 Å². The fraction of sp³-hybridized carbons (Fsp3) is 0.321. The number of ether oxygens (including phenoxy) is 5. The molecule has 3 aliphatic heterocycles. The summed E-state index contributed by atoms with van der Waals surface area (Å²) in [4.78, 5) is 151. The van der Waals surface area contributed by atoms with E-state index in [9.17, 15) is 84.0 Å². The number of phenols is 3. The zero-order valence-electron chi connectivity index (χ0n) is 79.3. The number of sulfonamides is 3. The highest BCUT2D eigenvalue weighted by atomic mass is 32.2. The maximum atomic E-state index is 15.8. The van der Waals surface area contributed by atoms with Gasteiger partial charge in [0.2, 0.25) is 53.7 Å². The third-order valence-corrected chi connectivity index (χ3v) is 30.1. The van der Waals surface area contributed by atoms with Crippen molar-refractivity contribution in [3.8, 4) is 34.5 Å². The van der Waals surface area contributed by atoms with E-state index in [-0.39, 0.29) is 113 Å². The second-order valence-corrected chi connectivity index (χ2v) is 39.9. The number of aromatic hydroxyl groups is 3. The van der Waals surface area contributed by atoms with E-state index >= 15 is 14.4 Å². The summed E-state index contributed by atoms with van der Waals surface area (Å²) in [6, 6.07) is 61.5. The van der Waals surface area contributed by atoms with E-state index in [1.165, 1.54) is 40.4 Å². The number of carboxylic acids is 1. The Kier molecular flexibility index (Phi) is 36.7. The average molecular weight is 1990 g/mol. The molecule has 0 aromatic heterocycles. The Morgan fingerprint density at radius 2 is 0.816 bits per heavy atom. The number of ketones is 3. The number of hydrogen-bond donors (Lipinski definition) is 9. The molecule has 10 N–H and O–H groups in total. The zero-order valence-corrected chi connectivity index (χ0v) is 81.7. The van der Waals surface area contributed by atoms with Crippen LogP contribution in [0, 0.1) is 75.0 Å². The normalized spacial score (nSPS) is 17.6. The monoisotopic (exact) mass is 1980 g/mol. The second-order valence-electron chi connectivity index (χ2n) is 34.7. The Labute approximate surface area is 819 Å². The van der Waals surface area contributed by atoms with Gasteiger partial charge in [0.25, 0.3) is 0 Å². The van der Waals surface area contributed by atoms with E-state index < -0.39 is 194 Å². The first-order chi connectivity index (χ1) is 67.2. The molecule has 13 rings (SSSR count). The highest BCUT2D eigenvalue weighted by Crippen LogP contribution is 2.51. The number of nitrogens with zero attached hydrogens (tertiary/aromatic N) is 1. The number of aryl methyl sites for hydroxylation is 3. The molecule has 35 heteroatoms. The molecule has 0 saturated carbocycles. The molecule has 3 aliphatic rings. The third-order valence-electron chi connectivity index (χ3n) is 25.6. The van der Waals surface area contributed by atoms with Crippen molar-refractivity contribution < 1.29 is 122 Å². The van der Waals surface area contributed by atoms with Crippen molar-refractivity contribution in [2.45, 2.75) is 125 Å². The van der Waals surface area contributed by atoms with Crippen LogP contribution < -0.4 is 39.4 Å². The fourth-order valence-corrected chi connectivity index (χ4v) is 21.9. The van der Waals surface area contributed by atoms with E-state index in [0.29, 0.717) is 35.2 Å². The van der Waals surface area contributed by atoms with Gasteiger partial charge in [0, 0.05) is 73.5 Å². The minimum atomic E-state index is -4.57. The number of carbonyl (C=O) groups excluding carboxylic acids is 10. The summed E-state index contributed by atoms with van der Waals surface area (Å²) in [5, 5.41) is 46.5. The van der Waals surface area contributed by atoms with Crippen LogP contribution in [0.2, 0.25) is 0 Å². The predicted octanol–water partition coefficient (Wildman–Crippen LogP) is 13.0. The van der Waals surface area contributed by atoms with Crippen LogP contribution in [-0.2, 0) is 77.9 Å². The highest BCUT2D eigenvalue weighted by molar-refractivity contribution is 7.90. The number of cyclic esters (lactones) is 4. The summed E-state index contributed by atoms with van der Waals surface area (Å²) in [7, 11) is -9.31. The van der Waals surface area contributed by atoms with Gasteiger partial charge in [-0.15, -0.1) is 0 Å². The van der Waals surface area contributed by atoms with E-state index in [0.717, 1.165) is 70.0 Å². The number of nitrogens with two attached hydrogens (primary N) is 1. The Hall–Kier alpha value is -14.1. The number of methoxy groups -OCH3 is 3. The summed E-state index contributed by atoms with van der Waals surface area (Å²) in [6.07, 6.45) is 0.564. The van der Waals surface area contributed by atoms with Gasteiger partial charge >= 0.3 is 29.8 Å². The molecule has 10 aromatic carbocycles. The molecule has 0 bridgehead atoms. The van der Waals surface area contributed by atoms with Crippen molar-refractivity contribution >= 4 is 95.0 Å². The lowest BCUT2D eigenvalue weighted by atomic mass is 9.66. The molecule has 3 saturated heterocycles. The van der Waals surface area contributed by atoms with Crippen LogP contribution in [0.25, 0.3) is 0 Å². The molecule has 32 nitrogen and oxygen atoms in total. The Bertz CT molecular complexity index is 6580. The zero-order chi connectivity index (χ0) is 102. The van der Waals surface area contributed by atoms with Gasteiger partial charge < -0.3 is 55.2 Å². The lowest BCUT2D eigenvalue weighted by Gasteiger charge is -2.35. The summed E-state index contributed by atoms with van der Waals surface area (Å²) >= 11 is 0. The van der Waals surface area contributed by atoms with Crippen LogP contribution in [0.15, 0.2) is 245 Å². The number of carbonyl (C=O) groups is 11. The standard InChI is InChI=1S/C74H78N4O18S2.C18H22N2O5S.C14H15O3/c1-7-51(46-19-11-8-12-20-46)65(69(83)75-33-17-34-76-97(90,91)62-39-54(58(79)41-60(62)94-5)67(81)49-29-25-43(2)26-30-49)57(72(86)87)38-53(48-23-15-10-16-24-48)66-56(37-52(47-21-13-9-14-22-47)64-45(4)73(88)96-74(64)89)70(84)78(71(66)85)36-18-35-77-98(92,93)63-40-55(59(80)42-61(63)95-6)68(82)50-31-27-44(3)28-32-50;1-12-4-6-13(7-5-12)18(22)14-10-17(16(25-2)11-15(14)21)26(23,24)20-9-3-8-19;1-3-11(10-7-5-4-6-8-10)12-9(2)13(15)17-14(12)16/h8-16,19-32,39-42,45,51-53,56-57,64-66,76-77,79-80H,7,17-18,33-38H2,1-6H3,(H,75,83)(H,86,87);4-7,10-11,20-21H,3,8-9,19H2,1-2H3;4-9,11-12H,2-3H2,1H3/q;;+1. The molecule has 0 radical (unpaired) electrons. The first kappa shape index (κ1) is 107. The summed E-state index contributed by atoms with van der Waals surface area (Å²) in [5.41, 5.74) is 10.7. The predicted molar refractivity (Wildman–Crippen MR) is 521 cm³/mol. The summed E-state index contributed by atoms with van der Waals surface area (Å²) in [5.74, 6) is -21.9. The smallest absolute Gasteiger partial charge is 0.362 e. The van der Waals surface area contributed by atoms with E-state index in [2.05, 4.69) is 31.1 Å². The number of benzene rings is 10. The second kappa shape index (κ2) is 48.2. The first-order valence-corrected chi connectivity index (χ1v) is 50.4. The molecule has 3 fully saturated rings. The van der Waals surface area contributed by atoms with Crippen molar-refractivity contribution in [1.29, 1.82) is 0 Å². The van der Waals surface area contributed by atoms with Gasteiger partial charge in [-0.3, -0.25) is 52.8 Å². The minimum Gasteiger partial charge on any atom is -0.507 e. The van der Waals surface area contributed by atoms with Crippen LogP contribution >= 0.6 is 0 Å². The Morgan fingerprint density at radius 1 is 0.447 bits per heavy atom. The minimum absolute atomic E-state index is 0.00218. The van der Waals surface area contributed by atoms with Crippen LogP contribution in [-0.4, -0.2) is 176 Å². The van der Waals surface area contributed by atoms with Crippen molar-refractivity contribution in [2.75, 3.05) is 60.6 Å².